The van der Waals surface area contributed by atoms with Crippen LogP contribution in [-0.4, -0.2) is 89.4 Å². The van der Waals surface area contributed by atoms with Gasteiger partial charge in [-0.15, -0.1) is 0 Å². The van der Waals surface area contributed by atoms with Gasteiger partial charge in [-0.3, -0.25) is 14.4 Å². The predicted molar refractivity (Wildman–Crippen MR) is 146 cm³/mol. The van der Waals surface area contributed by atoms with Gasteiger partial charge in [-0.25, -0.2) is 0 Å². The summed E-state index contributed by atoms with van der Waals surface area (Å²) in [6.07, 6.45) is 8.90. The number of Topliss-reactive ketones (excluding diaryl/α,β-unsaturated/α-hetero) is 1. The number of thioether (sulfide) groups is 1. The second kappa shape index (κ2) is 11.5. The molecule has 202 valence electrons. The highest BCUT2D eigenvalue weighted by molar-refractivity contribution is 7.99. The number of likely N-dealkylation sites (tertiary alicyclic amines) is 2. The Labute approximate surface area is 225 Å². The van der Waals surface area contributed by atoms with E-state index >= 15 is 0 Å². The van der Waals surface area contributed by atoms with Crippen LogP contribution in [0.25, 0.3) is 0 Å². The number of benzene rings is 1. The summed E-state index contributed by atoms with van der Waals surface area (Å²) in [6, 6.07) is 7.55. The van der Waals surface area contributed by atoms with Crippen molar-refractivity contribution >= 4 is 29.4 Å². The van der Waals surface area contributed by atoms with Crippen molar-refractivity contribution in [3.63, 3.8) is 0 Å². The lowest BCUT2D eigenvalue weighted by molar-refractivity contribution is -0.139. The SMILES string of the molecule is CC[C@H](C)[C@H](NC(=O)c1ccc(C2CCN(C3CCC3)CC2)cc1)C(=O)N1C[C@H](SC)[C@H]2OCC(=O)[C@H]21. The van der Waals surface area contributed by atoms with E-state index in [-0.39, 0.29) is 41.5 Å². The number of nitrogens with one attached hydrogen (secondary N) is 1. The largest absolute Gasteiger partial charge is 0.367 e. The average molecular weight is 528 g/mol. The summed E-state index contributed by atoms with van der Waals surface area (Å²) in [4.78, 5) is 43.9. The van der Waals surface area contributed by atoms with E-state index < -0.39 is 12.1 Å². The van der Waals surface area contributed by atoms with E-state index in [9.17, 15) is 14.4 Å². The molecule has 0 unspecified atom stereocenters. The van der Waals surface area contributed by atoms with Gasteiger partial charge in [0.05, 0.1) is 11.4 Å². The van der Waals surface area contributed by atoms with Gasteiger partial charge in [-0.05, 0) is 74.6 Å². The number of nitrogens with zero attached hydrogens (tertiary/aromatic N) is 2. The van der Waals surface area contributed by atoms with Crippen LogP contribution in [0.4, 0.5) is 0 Å². The molecule has 3 heterocycles. The first-order valence-corrected chi connectivity index (χ1v) is 15.3. The van der Waals surface area contributed by atoms with Crippen molar-refractivity contribution in [2.75, 3.05) is 32.5 Å². The summed E-state index contributed by atoms with van der Waals surface area (Å²) in [5.74, 6) is 0.0275. The average Bonchev–Trinajstić information content (AvgIpc) is 3.46. The molecule has 37 heavy (non-hydrogen) atoms. The highest BCUT2D eigenvalue weighted by atomic mass is 32.2. The molecule has 2 amide bonds. The summed E-state index contributed by atoms with van der Waals surface area (Å²) >= 11 is 1.63. The van der Waals surface area contributed by atoms with E-state index in [1.54, 1.807) is 16.7 Å². The Morgan fingerprint density at radius 1 is 1.14 bits per heavy atom. The molecule has 0 spiro atoms. The molecule has 1 N–H and O–H groups in total. The Balaban J connectivity index is 1.23. The molecule has 0 bridgehead atoms. The zero-order chi connectivity index (χ0) is 26.1. The molecule has 0 radical (unpaired) electrons. The third-order valence-corrected chi connectivity index (χ3v) is 10.3. The zero-order valence-corrected chi connectivity index (χ0v) is 23.2. The monoisotopic (exact) mass is 527 g/mol. The second-order valence-electron chi connectivity index (χ2n) is 11.3. The number of carbonyl (C=O) groups is 3. The maximum Gasteiger partial charge on any atom is 0.251 e. The van der Waals surface area contributed by atoms with Crippen molar-refractivity contribution in [3.8, 4) is 0 Å². The van der Waals surface area contributed by atoms with Crippen molar-refractivity contribution < 1.29 is 19.1 Å². The van der Waals surface area contributed by atoms with Crippen molar-refractivity contribution in [2.24, 2.45) is 5.92 Å². The van der Waals surface area contributed by atoms with Gasteiger partial charge in [-0.1, -0.05) is 38.8 Å². The van der Waals surface area contributed by atoms with Crippen LogP contribution in [0.2, 0.25) is 0 Å². The van der Waals surface area contributed by atoms with Gasteiger partial charge >= 0.3 is 0 Å². The van der Waals surface area contributed by atoms with Crippen LogP contribution in [0, 0.1) is 5.92 Å². The molecule has 5 atom stereocenters. The fourth-order valence-electron chi connectivity index (χ4n) is 6.39. The highest BCUT2D eigenvalue weighted by Gasteiger charge is 2.53. The summed E-state index contributed by atoms with van der Waals surface area (Å²) in [7, 11) is 0. The summed E-state index contributed by atoms with van der Waals surface area (Å²) in [5.41, 5.74) is 1.86. The van der Waals surface area contributed by atoms with Crippen LogP contribution in [0.5, 0.6) is 0 Å². The van der Waals surface area contributed by atoms with Crippen molar-refractivity contribution in [1.29, 1.82) is 0 Å². The molecule has 1 aromatic carbocycles. The number of piperidine rings is 1. The summed E-state index contributed by atoms with van der Waals surface area (Å²) in [6.45, 7) is 6.86. The molecule has 4 fully saturated rings. The number of carbonyl (C=O) groups excluding carboxylic acids is 3. The van der Waals surface area contributed by atoms with Gasteiger partial charge in [0.2, 0.25) is 5.91 Å². The molecular weight excluding hydrogens is 486 g/mol. The van der Waals surface area contributed by atoms with E-state index in [1.165, 1.54) is 50.8 Å². The number of ketones is 1. The van der Waals surface area contributed by atoms with Gasteiger partial charge in [-0.2, -0.15) is 11.8 Å². The minimum atomic E-state index is -0.678. The van der Waals surface area contributed by atoms with Crippen LogP contribution in [0.3, 0.4) is 0 Å². The van der Waals surface area contributed by atoms with E-state index in [0.717, 1.165) is 12.5 Å². The fourth-order valence-corrected chi connectivity index (χ4v) is 7.20. The first kappa shape index (κ1) is 26.7. The molecule has 7 nitrogen and oxygen atoms in total. The summed E-state index contributed by atoms with van der Waals surface area (Å²) < 4.78 is 5.72. The number of ether oxygens (including phenoxy) is 1. The number of fused-ring (bicyclic) bond motifs is 1. The lowest BCUT2D eigenvalue weighted by Gasteiger charge is -2.42. The molecule has 0 aromatic heterocycles. The molecule has 1 saturated carbocycles. The topological polar surface area (TPSA) is 79.0 Å². The quantitative estimate of drug-likeness (QED) is 0.558. The minimum absolute atomic E-state index is 0.0433. The molecule has 8 heteroatoms. The van der Waals surface area contributed by atoms with Gasteiger partial charge in [0.25, 0.3) is 5.91 Å². The Kier molecular flexibility index (Phi) is 8.27. The van der Waals surface area contributed by atoms with Crippen LogP contribution in [-0.2, 0) is 14.3 Å². The van der Waals surface area contributed by atoms with Crippen molar-refractivity contribution in [1.82, 2.24) is 15.1 Å². The maximum atomic E-state index is 13.7. The standard InChI is InChI=1S/C29H41N3O4S/c1-4-18(2)25(29(35)32-16-24(37-3)27-26(32)23(33)17-36-27)30-28(34)21-10-8-19(9-11-21)20-12-14-31(15-13-20)22-6-5-7-22/h8-11,18,20,22,24-27H,4-7,12-17H2,1-3H3,(H,30,34)/t18-,24-,25-,26+,27+/m0/s1. The molecular formula is C29H41N3O4S. The molecule has 3 aliphatic heterocycles. The first-order chi connectivity index (χ1) is 17.9. The number of hydrogen-bond acceptors (Lipinski definition) is 6. The van der Waals surface area contributed by atoms with E-state index in [2.05, 4.69) is 22.3 Å². The van der Waals surface area contributed by atoms with Crippen LogP contribution in [0.15, 0.2) is 24.3 Å². The van der Waals surface area contributed by atoms with Gasteiger partial charge in [0.15, 0.2) is 5.78 Å². The number of amides is 2. The lowest BCUT2D eigenvalue weighted by Crippen LogP contribution is -2.54. The molecule has 5 rings (SSSR count). The highest BCUT2D eigenvalue weighted by Crippen LogP contribution is 2.35. The molecule has 3 saturated heterocycles. The van der Waals surface area contributed by atoms with Crippen molar-refractivity contribution in [2.45, 2.75) is 87.8 Å². The lowest BCUT2D eigenvalue weighted by atomic mass is 9.85. The Bertz CT molecular complexity index is 989. The Morgan fingerprint density at radius 3 is 2.43 bits per heavy atom. The second-order valence-corrected chi connectivity index (χ2v) is 12.4. The summed E-state index contributed by atoms with van der Waals surface area (Å²) in [5, 5.41) is 3.09. The third-order valence-electron chi connectivity index (χ3n) is 9.25. The third kappa shape index (κ3) is 5.34. The number of rotatable bonds is 8. The van der Waals surface area contributed by atoms with Gasteiger partial charge in [0, 0.05) is 18.2 Å². The van der Waals surface area contributed by atoms with Crippen LogP contribution in [0.1, 0.15) is 74.2 Å². The Hall–Kier alpha value is -1.90. The van der Waals surface area contributed by atoms with E-state index in [1.807, 2.05) is 32.2 Å². The minimum Gasteiger partial charge on any atom is -0.367 e. The first-order valence-electron chi connectivity index (χ1n) is 14.0. The zero-order valence-electron chi connectivity index (χ0n) is 22.4. The Morgan fingerprint density at radius 2 is 1.84 bits per heavy atom. The molecule has 1 aromatic rings. The molecule has 1 aliphatic carbocycles. The van der Waals surface area contributed by atoms with E-state index in [0.29, 0.717) is 18.0 Å². The van der Waals surface area contributed by atoms with Crippen LogP contribution >= 0.6 is 11.8 Å². The smallest absolute Gasteiger partial charge is 0.251 e. The predicted octanol–water partition coefficient (Wildman–Crippen LogP) is 3.47. The molecule has 4 aliphatic rings. The van der Waals surface area contributed by atoms with Crippen molar-refractivity contribution in [3.05, 3.63) is 35.4 Å². The maximum absolute atomic E-state index is 13.7. The fraction of sp³-hybridized carbons (Fsp3) is 0.690. The van der Waals surface area contributed by atoms with E-state index in [4.69, 9.17) is 4.74 Å². The van der Waals surface area contributed by atoms with Gasteiger partial charge < -0.3 is 19.9 Å². The normalized spacial score (nSPS) is 28.6. The van der Waals surface area contributed by atoms with Crippen LogP contribution < -0.4 is 5.32 Å². The number of hydrogen-bond donors (Lipinski definition) is 1. The van der Waals surface area contributed by atoms with Gasteiger partial charge in [0.1, 0.15) is 18.7 Å².